The van der Waals surface area contributed by atoms with Gasteiger partial charge in [-0.05, 0) is 0 Å². The van der Waals surface area contributed by atoms with Gasteiger partial charge in [0.05, 0.1) is 0 Å². The van der Waals surface area contributed by atoms with Crippen LogP contribution < -0.4 is 0 Å². The van der Waals surface area contributed by atoms with E-state index < -0.39 is 8.25 Å². The third-order valence-corrected chi connectivity index (χ3v) is 0. The quantitative estimate of drug-likeness (QED) is 0.566. The maximum atomic E-state index is 8.70. The molecule has 0 unspecified atom stereocenters. The molecule has 0 amide bonds. The smallest absolute Gasteiger partial charge is 0.134 e. The summed E-state index contributed by atoms with van der Waals surface area (Å²) in [5, 5.41) is 0. The van der Waals surface area contributed by atoms with Gasteiger partial charge in [0.1, 0.15) is 0 Å². The van der Waals surface area contributed by atoms with Crippen LogP contribution in [0.1, 0.15) is 0 Å². The van der Waals surface area contributed by atoms with Crippen molar-refractivity contribution >= 4 is 8.25 Å². The van der Waals surface area contributed by atoms with Gasteiger partial charge in [0, 0.05) is 44.5 Å². The van der Waals surface area contributed by atoms with Crippen LogP contribution in [0.4, 0.5) is 0 Å². The average molecular weight is 238 g/mol. The molecule has 32 valence electrons. The first-order valence-electron chi connectivity index (χ1n) is 0.583. The minimum absolute atomic E-state index is 0. The summed E-state index contributed by atoms with van der Waals surface area (Å²) >= 11 is 0. The molecule has 0 fully saturated rings. The van der Waals surface area contributed by atoms with Crippen LogP contribution in [0.2, 0.25) is 0 Å². The molecule has 0 atom stereocenters. The molecule has 0 rings (SSSR count). The molecule has 0 aromatic rings. The molecule has 0 aliphatic carbocycles. The molecule has 0 aliphatic rings. The van der Waals surface area contributed by atoms with E-state index >= 15 is 0 Å². The predicted octanol–water partition coefficient (Wildman–Crippen LogP) is -0.372. The SMILES string of the molecule is O=[P+](O)O.[Gd]. The Bertz CT molecular complexity index is 29.9. The Labute approximate surface area is 62.0 Å². The maximum absolute atomic E-state index is 8.70. The summed E-state index contributed by atoms with van der Waals surface area (Å²) in [4.78, 5) is 14.2. The fraction of sp³-hybridized carbons (Fsp3) is 0. The number of hydrogen-bond donors (Lipinski definition) is 2. The first-order valence-corrected chi connectivity index (χ1v) is 1.75. The largest absolute Gasteiger partial charge is 0.692 e. The van der Waals surface area contributed by atoms with Crippen molar-refractivity contribution in [3.05, 3.63) is 0 Å². The third kappa shape index (κ3) is 33.1. The summed E-state index contributed by atoms with van der Waals surface area (Å²) in [6.07, 6.45) is 0. The predicted molar refractivity (Wildman–Crippen MR) is 12.0 cm³/mol. The summed E-state index contributed by atoms with van der Waals surface area (Å²) in [6, 6.07) is 0. The van der Waals surface area contributed by atoms with Crippen LogP contribution in [0.15, 0.2) is 0 Å². The zero-order valence-electron chi connectivity index (χ0n) is 2.10. The number of hydrogen-bond acceptors (Lipinski definition) is 1. The van der Waals surface area contributed by atoms with Crippen molar-refractivity contribution in [2.45, 2.75) is 0 Å². The van der Waals surface area contributed by atoms with Crippen LogP contribution in [-0.4, -0.2) is 9.79 Å². The second-order valence-corrected chi connectivity index (χ2v) is 0.758. The van der Waals surface area contributed by atoms with Gasteiger partial charge in [0.15, 0.2) is 0 Å². The number of rotatable bonds is 0. The Kier molecular flexibility index (Phi) is 10.3. The van der Waals surface area contributed by atoms with Gasteiger partial charge < -0.3 is 0 Å². The molecule has 0 spiro atoms. The van der Waals surface area contributed by atoms with E-state index in [1.807, 2.05) is 0 Å². The molecule has 0 saturated carbocycles. The molecule has 0 aromatic carbocycles. The van der Waals surface area contributed by atoms with Gasteiger partial charge in [-0.1, -0.05) is 0 Å². The van der Waals surface area contributed by atoms with Crippen LogP contribution >= 0.6 is 8.25 Å². The fourth-order valence-corrected chi connectivity index (χ4v) is 0. The fourth-order valence-electron chi connectivity index (χ4n) is 0. The molecule has 5 heteroatoms. The van der Waals surface area contributed by atoms with Crippen molar-refractivity contribution in [1.82, 2.24) is 0 Å². The molecular weight excluding hydrogens is 236 g/mol. The summed E-state index contributed by atoms with van der Waals surface area (Å²) in [5.41, 5.74) is 0. The Hall–Kier alpha value is 1.34. The van der Waals surface area contributed by atoms with Crippen molar-refractivity contribution < 1.29 is 54.3 Å². The molecule has 3 nitrogen and oxygen atoms in total. The van der Waals surface area contributed by atoms with Gasteiger partial charge in [-0.25, -0.2) is 0 Å². The monoisotopic (exact) mass is 239 g/mol. The molecular formula is H2GdO3P+. The Morgan fingerprint density at radius 3 is 1.40 bits per heavy atom. The Balaban J connectivity index is 0. The summed E-state index contributed by atoms with van der Waals surface area (Å²) in [7, 11) is -2.87. The van der Waals surface area contributed by atoms with Crippen LogP contribution in [0.25, 0.3) is 0 Å². The van der Waals surface area contributed by atoms with Crippen molar-refractivity contribution in [2.24, 2.45) is 0 Å². The van der Waals surface area contributed by atoms with Gasteiger partial charge in [-0.3, -0.25) is 0 Å². The van der Waals surface area contributed by atoms with E-state index in [1.54, 1.807) is 0 Å². The molecule has 0 aliphatic heterocycles. The van der Waals surface area contributed by atoms with E-state index in [1.165, 1.54) is 0 Å². The van der Waals surface area contributed by atoms with Gasteiger partial charge in [-0.15, -0.1) is 9.79 Å². The topological polar surface area (TPSA) is 57.5 Å². The van der Waals surface area contributed by atoms with Crippen LogP contribution in [0, 0.1) is 39.9 Å². The Morgan fingerprint density at radius 1 is 1.40 bits per heavy atom. The van der Waals surface area contributed by atoms with Gasteiger partial charge >= 0.3 is 8.25 Å². The van der Waals surface area contributed by atoms with E-state index in [2.05, 4.69) is 0 Å². The minimum Gasteiger partial charge on any atom is -0.134 e. The van der Waals surface area contributed by atoms with Crippen molar-refractivity contribution in [1.29, 1.82) is 0 Å². The molecule has 5 heavy (non-hydrogen) atoms. The zero-order valence-corrected chi connectivity index (χ0v) is 5.27. The third-order valence-electron chi connectivity index (χ3n) is 0. The molecule has 0 bridgehead atoms. The van der Waals surface area contributed by atoms with Crippen LogP contribution in [0.5, 0.6) is 0 Å². The van der Waals surface area contributed by atoms with Crippen LogP contribution in [0.3, 0.4) is 0 Å². The molecule has 2 N–H and O–H groups in total. The maximum Gasteiger partial charge on any atom is 0.692 e. The Morgan fingerprint density at radius 2 is 1.40 bits per heavy atom. The summed E-state index contributed by atoms with van der Waals surface area (Å²) < 4.78 is 8.70. The molecule has 0 saturated heterocycles. The summed E-state index contributed by atoms with van der Waals surface area (Å²) in [5.74, 6) is 0. The second-order valence-electron chi connectivity index (χ2n) is 0.253. The minimum atomic E-state index is -2.87. The van der Waals surface area contributed by atoms with Crippen molar-refractivity contribution in [3.63, 3.8) is 0 Å². The van der Waals surface area contributed by atoms with E-state index in [0.29, 0.717) is 0 Å². The van der Waals surface area contributed by atoms with Gasteiger partial charge in [0.2, 0.25) is 0 Å². The zero-order chi connectivity index (χ0) is 3.58. The van der Waals surface area contributed by atoms with E-state index in [9.17, 15) is 0 Å². The molecule has 0 heterocycles. The van der Waals surface area contributed by atoms with E-state index in [4.69, 9.17) is 14.4 Å². The normalized spacial score (nSPS) is 5.20. The first-order chi connectivity index (χ1) is 1.73. The molecule has 0 radical (unpaired) electrons. The second kappa shape index (κ2) is 5.34. The van der Waals surface area contributed by atoms with E-state index in [0.717, 1.165) is 0 Å². The van der Waals surface area contributed by atoms with Crippen LogP contribution in [-0.2, 0) is 4.57 Å². The molecule has 0 aromatic heterocycles. The standard InChI is InChI=1S/Gd.HO3P/c;1-4(2)3/h;(H-,1,2,3)/p+1. The summed E-state index contributed by atoms with van der Waals surface area (Å²) in [6.45, 7) is 0. The van der Waals surface area contributed by atoms with Crippen molar-refractivity contribution in [3.8, 4) is 0 Å². The average Bonchev–Trinajstić information content (AvgIpc) is 0.811. The van der Waals surface area contributed by atoms with E-state index in [-0.39, 0.29) is 39.9 Å². The first kappa shape index (κ1) is 9.60. The van der Waals surface area contributed by atoms with Gasteiger partial charge in [0.25, 0.3) is 0 Å². The van der Waals surface area contributed by atoms with Gasteiger partial charge in [-0.2, -0.15) is 0 Å². The van der Waals surface area contributed by atoms with Crippen molar-refractivity contribution in [2.75, 3.05) is 0 Å².